The summed E-state index contributed by atoms with van der Waals surface area (Å²) >= 11 is 0. The van der Waals surface area contributed by atoms with Gasteiger partial charge in [-0.15, -0.1) is 0 Å². The van der Waals surface area contributed by atoms with Crippen LogP contribution in [0.2, 0.25) is 0 Å². The molecule has 5 atom stereocenters. The largest absolute Gasteiger partial charge is 0.480 e. The first-order chi connectivity index (χ1) is 6.25. The third-order valence-electron chi connectivity index (χ3n) is 4.29. The maximum Gasteiger partial charge on any atom is 0.320 e. The van der Waals surface area contributed by atoms with Crippen molar-refractivity contribution in [3.63, 3.8) is 0 Å². The van der Waals surface area contributed by atoms with Crippen LogP contribution in [0.25, 0.3) is 0 Å². The van der Waals surface area contributed by atoms with E-state index in [1.807, 2.05) is 0 Å². The van der Waals surface area contributed by atoms with E-state index in [4.69, 9.17) is 5.11 Å². The SMILES string of the molecule is O=C(O)C1CC2C3CCC(C3)C2N1. The van der Waals surface area contributed by atoms with Crippen molar-refractivity contribution in [2.24, 2.45) is 17.8 Å². The molecule has 0 aromatic heterocycles. The Bertz CT molecular complexity index is 235. The van der Waals surface area contributed by atoms with Gasteiger partial charge in [0.25, 0.3) is 0 Å². The summed E-state index contributed by atoms with van der Waals surface area (Å²) in [5.41, 5.74) is 0. The van der Waals surface area contributed by atoms with E-state index < -0.39 is 5.97 Å². The monoisotopic (exact) mass is 181 g/mol. The third-order valence-corrected chi connectivity index (χ3v) is 4.29. The van der Waals surface area contributed by atoms with Gasteiger partial charge in [-0.25, -0.2) is 0 Å². The zero-order chi connectivity index (χ0) is 9.00. The average molecular weight is 181 g/mol. The molecule has 0 aromatic rings. The summed E-state index contributed by atoms with van der Waals surface area (Å²) in [5, 5.41) is 12.2. The van der Waals surface area contributed by atoms with Crippen LogP contribution in [0.1, 0.15) is 25.7 Å². The average Bonchev–Trinajstić information content (AvgIpc) is 2.76. The van der Waals surface area contributed by atoms with Gasteiger partial charge in [-0.05, 0) is 43.4 Å². The van der Waals surface area contributed by atoms with E-state index in [0.717, 1.165) is 18.3 Å². The quantitative estimate of drug-likeness (QED) is 0.630. The summed E-state index contributed by atoms with van der Waals surface area (Å²) in [7, 11) is 0. The molecule has 3 fully saturated rings. The predicted molar refractivity (Wildman–Crippen MR) is 47.3 cm³/mol. The highest BCUT2D eigenvalue weighted by molar-refractivity contribution is 5.74. The third kappa shape index (κ3) is 0.966. The molecule has 13 heavy (non-hydrogen) atoms. The Hall–Kier alpha value is -0.570. The molecule has 2 bridgehead atoms. The fourth-order valence-corrected chi connectivity index (χ4v) is 3.75. The molecule has 1 saturated heterocycles. The van der Waals surface area contributed by atoms with Crippen molar-refractivity contribution in [1.29, 1.82) is 0 Å². The Balaban J connectivity index is 1.79. The summed E-state index contributed by atoms with van der Waals surface area (Å²) in [5.74, 6) is 1.65. The number of carboxylic acids is 1. The van der Waals surface area contributed by atoms with Crippen LogP contribution in [0.4, 0.5) is 0 Å². The number of hydrogen-bond acceptors (Lipinski definition) is 2. The molecule has 0 aromatic carbocycles. The van der Waals surface area contributed by atoms with Crippen LogP contribution >= 0.6 is 0 Å². The standard InChI is InChI=1S/C10H15NO2/c12-10(13)8-4-7-5-1-2-6(3-5)9(7)11-8/h5-9,11H,1-4H2,(H,12,13). The van der Waals surface area contributed by atoms with Crippen LogP contribution in [0, 0.1) is 17.8 Å². The molecule has 0 amide bonds. The van der Waals surface area contributed by atoms with Gasteiger partial charge in [0.2, 0.25) is 0 Å². The smallest absolute Gasteiger partial charge is 0.320 e. The number of fused-ring (bicyclic) bond motifs is 5. The first-order valence-corrected chi connectivity index (χ1v) is 5.24. The second kappa shape index (κ2) is 2.47. The van der Waals surface area contributed by atoms with Crippen molar-refractivity contribution in [2.45, 2.75) is 37.8 Å². The highest BCUT2D eigenvalue weighted by Gasteiger charge is 2.53. The van der Waals surface area contributed by atoms with Crippen LogP contribution in [0.3, 0.4) is 0 Å². The first kappa shape index (κ1) is 7.80. The van der Waals surface area contributed by atoms with Gasteiger partial charge in [0.05, 0.1) is 0 Å². The minimum Gasteiger partial charge on any atom is -0.480 e. The Kier molecular flexibility index (Phi) is 1.48. The molecule has 0 spiro atoms. The molecule has 1 aliphatic heterocycles. The molecule has 3 rings (SSSR count). The van der Waals surface area contributed by atoms with Gasteiger partial charge >= 0.3 is 5.97 Å². The second-order valence-electron chi connectivity index (χ2n) is 4.82. The molecule has 5 unspecified atom stereocenters. The summed E-state index contributed by atoms with van der Waals surface area (Å²) in [6.45, 7) is 0. The minimum atomic E-state index is -0.659. The van der Waals surface area contributed by atoms with Gasteiger partial charge in [0.15, 0.2) is 0 Å². The molecular formula is C10H15NO2. The van der Waals surface area contributed by atoms with E-state index in [1.54, 1.807) is 0 Å². The molecule has 2 saturated carbocycles. The summed E-state index contributed by atoms with van der Waals surface area (Å²) in [6.07, 6.45) is 4.90. The van der Waals surface area contributed by atoms with Crippen LogP contribution in [-0.4, -0.2) is 23.2 Å². The Morgan fingerprint density at radius 3 is 2.69 bits per heavy atom. The molecule has 3 aliphatic rings. The van der Waals surface area contributed by atoms with Crippen LogP contribution in [-0.2, 0) is 4.79 Å². The lowest BCUT2D eigenvalue weighted by Gasteiger charge is -2.23. The van der Waals surface area contributed by atoms with Crippen molar-refractivity contribution in [3.8, 4) is 0 Å². The maximum atomic E-state index is 10.8. The summed E-state index contributed by atoms with van der Waals surface area (Å²) in [4.78, 5) is 10.8. The van der Waals surface area contributed by atoms with E-state index in [9.17, 15) is 4.79 Å². The number of nitrogens with one attached hydrogen (secondary N) is 1. The normalized spacial score (nSPS) is 52.5. The van der Waals surface area contributed by atoms with Crippen LogP contribution < -0.4 is 5.32 Å². The van der Waals surface area contributed by atoms with E-state index in [2.05, 4.69) is 5.32 Å². The highest BCUT2D eigenvalue weighted by atomic mass is 16.4. The lowest BCUT2D eigenvalue weighted by atomic mass is 9.85. The van der Waals surface area contributed by atoms with E-state index in [0.29, 0.717) is 12.0 Å². The number of hydrogen-bond donors (Lipinski definition) is 2. The van der Waals surface area contributed by atoms with E-state index >= 15 is 0 Å². The molecule has 72 valence electrons. The molecule has 2 N–H and O–H groups in total. The van der Waals surface area contributed by atoms with Crippen LogP contribution in [0.5, 0.6) is 0 Å². The van der Waals surface area contributed by atoms with Gasteiger partial charge in [-0.2, -0.15) is 0 Å². The number of rotatable bonds is 1. The van der Waals surface area contributed by atoms with Gasteiger partial charge in [0, 0.05) is 6.04 Å². The van der Waals surface area contributed by atoms with Gasteiger partial charge < -0.3 is 10.4 Å². The Morgan fingerprint density at radius 2 is 2.00 bits per heavy atom. The molecule has 0 radical (unpaired) electrons. The highest BCUT2D eigenvalue weighted by Crippen LogP contribution is 2.52. The summed E-state index contributed by atoms with van der Waals surface area (Å²) < 4.78 is 0. The molecule has 3 heteroatoms. The summed E-state index contributed by atoms with van der Waals surface area (Å²) in [6, 6.07) is 0.290. The van der Waals surface area contributed by atoms with Crippen molar-refractivity contribution in [2.75, 3.05) is 0 Å². The number of aliphatic carboxylic acids is 1. The van der Waals surface area contributed by atoms with E-state index in [-0.39, 0.29) is 6.04 Å². The van der Waals surface area contributed by atoms with Gasteiger partial charge in [0.1, 0.15) is 6.04 Å². The zero-order valence-electron chi connectivity index (χ0n) is 7.57. The topological polar surface area (TPSA) is 49.3 Å². The van der Waals surface area contributed by atoms with Crippen molar-refractivity contribution in [3.05, 3.63) is 0 Å². The molecule has 2 aliphatic carbocycles. The van der Waals surface area contributed by atoms with Crippen molar-refractivity contribution < 1.29 is 9.90 Å². The molecule has 3 nitrogen and oxygen atoms in total. The zero-order valence-corrected chi connectivity index (χ0v) is 7.57. The van der Waals surface area contributed by atoms with Gasteiger partial charge in [-0.1, -0.05) is 0 Å². The Morgan fingerprint density at radius 1 is 1.23 bits per heavy atom. The van der Waals surface area contributed by atoms with Crippen LogP contribution in [0.15, 0.2) is 0 Å². The lowest BCUT2D eigenvalue weighted by molar-refractivity contribution is -0.139. The predicted octanol–water partition coefficient (Wildman–Crippen LogP) is 0.848. The van der Waals surface area contributed by atoms with Crippen molar-refractivity contribution in [1.82, 2.24) is 5.32 Å². The maximum absolute atomic E-state index is 10.8. The molecular weight excluding hydrogens is 166 g/mol. The fourth-order valence-electron chi connectivity index (χ4n) is 3.75. The second-order valence-corrected chi connectivity index (χ2v) is 4.82. The first-order valence-electron chi connectivity index (χ1n) is 5.24. The van der Waals surface area contributed by atoms with Gasteiger partial charge in [-0.3, -0.25) is 4.79 Å². The number of carbonyl (C=O) groups is 1. The Labute approximate surface area is 77.5 Å². The minimum absolute atomic E-state index is 0.251. The number of carboxylic acid groups (broad SMARTS) is 1. The fraction of sp³-hybridized carbons (Fsp3) is 0.900. The molecule has 1 heterocycles. The lowest BCUT2D eigenvalue weighted by Crippen LogP contribution is -2.39. The van der Waals surface area contributed by atoms with Crippen molar-refractivity contribution >= 4 is 5.97 Å². The van der Waals surface area contributed by atoms with E-state index in [1.165, 1.54) is 19.3 Å².